The Bertz CT molecular complexity index is 705. The predicted molar refractivity (Wildman–Crippen MR) is 78.0 cm³/mol. The molecule has 2 heterocycles. The summed E-state index contributed by atoms with van der Waals surface area (Å²) in [6, 6.07) is 0. The van der Waals surface area contributed by atoms with Crippen LogP contribution in [-0.2, 0) is 11.2 Å². The highest BCUT2D eigenvalue weighted by molar-refractivity contribution is 5.98. The number of hydrogen-bond acceptors (Lipinski definition) is 4. The van der Waals surface area contributed by atoms with Gasteiger partial charge in [0.2, 0.25) is 5.91 Å². The molecule has 0 aliphatic rings. The van der Waals surface area contributed by atoms with Gasteiger partial charge in [-0.3, -0.25) is 9.59 Å². The minimum absolute atomic E-state index is 0.00897. The van der Waals surface area contributed by atoms with Gasteiger partial charge in [0.05, 0.1) is 6.20 Å². The second-order valence-electron chi connectivity index (χ2n) is 4.87. The van der Waals surface area contributed by atoms with Crippen molar-refractivity contribution in [2.24, 2.45) is 5.73 Å². The van der Waals surface area contributed by atoms with Crippen LogP contribution >= 0.6 is 0 Å². The van der Waals surface area contributed by atoms with E-state index in [-0.39, 0.29) is 5.91 Å². The van der Waals surface area contributed by atoms with Crippen molar-refractivity contribution in [1.82, 2.24) is 19.9 Å². The van der Waals surface area contributed by atoms with E-state index in [0.29, 0.717) is 30.6 Å². The molecule has 0 aliphatic heterocycles. The van der Waals surface area contributed by atoms with Crippen molar-refractivity contribution < 1.29 is 9.59 Å². The molecule has 3 N–H and O–H groups in total. The first-order chi connectivity index (χ1) is 9.95. The molecule has 2 amide bonds. The number of amides is 2. The molecule has 0 aliphatic carbocycles. The molecule has 0 fully saturated rings. The van der Waals surface area contributed by atoms with Crippen LogP contribution in [0.4, 0.5) is 0 Å². The molecule has 0 saturated carbocycles. The largest absolute Gasteiger partial charge is 0.365 e. The fourth-order valence-corrected chi connectivity index (χ4v) is 2.37. The predicted octanol–water partition coefficient (Wildman–Crippen LogP) is 0.514. The standard InChI is InChI=1S/C14H19N5O2/c1-4-16-12(20)6-5-10-8(2)18-14-11(13(15)21)7-17-19(14)9(10)3/h7H,4-6H2,1-3H3,(H2,15,21)(H,16,20). The van der Waals surface area contributed by atoms with Crippen molar-refractivity contribution in [3.8, 4) is 0 Å². The van der Waals surface area contributed by atoms with Crippen molar-refractivity contribution in [1.29, 1.82) is 0 Å². The van der Waals surface area contributed by atoms with Crippen LogP contribution in [0.1, 0.15) is 40.7 Å². The average molecular weight is 289 g/mol. The number of carbonyl (C=O) groups is 2. The Morgan fingerprint density at radius 3 is 2.71 bits per heavy atom. The molecule has 2 aromatic heterocycles. The summed E-state index contributed by atoms with van der Waals surface area (Å²) in [6.07, 6.45) is 2.40. The van der Waals surface area contributed by atoms with E-state index in [2.05, 4.69) is 15.4 Å². The number of rotatable bonds is 5. The van der Waals surface area contributed by atoms with Gasteiger partial charge < -0.3 is 11.1 Å². The van der Waals surface area contributed by atoms with Crippen LogP contribution in [0.25, 0.3) is 5.65 Å². The average Bonchev–Trinajstić information content (AvgIpc) is 2.82. The van der Waals surface area contributed by atoms with Gasteiger partial charge in [-0.25, -0.2) is 9.50 Å². The highest BCUT2D eigenvalue weighted by Gasteiger charge is 2.16. The number of primary amides is 1. The first-order valence-corrected chi connectivity index (χ1v) is 6.86. The fourth-order valence-electron chi connectivity index (χ4n) is 2.37. The van der Waals surface area contributed by atoms with Crippen LogP contribution in [0.5, 0.6) is 0 Å². The van der Waals surface area contributed by atoms with Crippen molar-refractivity contribution in [3.63, 3.8) is 0 Å². The summed E-state index contributed by atoms with van der Waals surface area (Å²) in [5.41, 5.74) is 8.69. The summed E-state index contributed by atoms with van der Waals surface area (Å²) in [6.45, 7) is 6.26. The summed E-state index contributed by atoms with van der Waals surface area (Å²) in [4.78, 5) is 27.3. The van der Waals surface area contributed by atoms with E-state index in [1.165, 1.54) is 6.20 Å². The lowest BCUT2D eigenvalue weighted by Crippen LogP contribution is -2.23. The molecule has 0 spiro atoms. The second kappa shape index (κ2) is 5.90. The van der Waals surface area contributed by atoms with Gasteiger partial charge in [0.1, 0.15) is 5.56 Å². The van der Waals surface area contributed by atoms with Gasteiger partial charge in [0, 0.05) is 24.4 Å². The molecule has 0 unspecified atom stereocenters. The quantitative estimate of drug-likeness (QED) is 0.837. The maximum absolute atomic E-state index is 11.6. The maximum atomic E-state index is 11.6. The first kappa shape index (κ1) is 15.0. The van der Waals surface area contributed by atoms with Crippen LogP contribution in [0.3, 0.4) is 0 Å². The van der Waals surface area contributed by atoms with Crippen molar-refractivity contribution in [2.75, 3.05) is 6.54 Å². The van der Waals surface area contributed by atoms with Gasteiger partial charge in [-0.1, -0.05) is 0 Å². The van der Waals surface area contributed by atoms with Gasteiger partial charge >= 0.3 is 0 Å². The number of hydrogen-bond donors (Lipinski definition) is 2. The second-order valence-corrected chi connectivity index (χ2v) is 4.87. The van der Waals surface area contributed by atoms with Gasteiger partial charge in [0.25, 0.3) is 5.91 Å². The lowest BCUT2D eigenvalue weighted by molar-refractivity contribution is -0.120. The Kier molecular flexibility index (Phi) is 4.21. The molecule has 112 valence electrons. The number of nitrogens with one attached hydrogen (secondary N) is 1. The van der Waals surface area contributed by atoms with E-state index in [0.717, 1.165) is 17.0 Å². The van der Waals surface area contributed by atoms with Crippen LogP contribution in [0.15, 0.2) is 6.20 Å². The fraction of sp³-hybridized carbons (Fsp3) is 0.429. The molecular formula is C14H19N5O2. The number of nitrogens with two attached hydrogens (primary N) is 1. The monoisotopic (exact) mass is 289 g/mol. The number of carbonyl (C=O) groups excluding carboxylic acids is 2. The molecule has 0 aromatic carbocycles. The summed E-state index contributed by atoms with van der Waals surface area (Å²) in [5.74, 6) is -0.541. The van der Waals surface area contributed by atoms with E-state index in [1.807, 2.05) is 20.8 Å². The Labute approximate surface area is 122 Å². The number of aryl methyl sites for hydroxylation is 2. The third kappa shape index (κ3) is 2.86. The van der Waals surface area contributed by atoms with E-state index in [1.54, 1.807) is 4.52 Å². The molecule has 7 heteroatoms. The normalized spacial score (nSPS) is 10.8. The molecule has 0 bridgehead atoms. The molecule has 21 heavy (non-hydrogen) atoms. The van der Waals surface area contributed by atoms with Crippen molar-refractivity contribution in [3.05, 3.63) is 28.7 Å². The number of fused-ring (bicyclic) bond motifs is 1. The topological polar surface area (TPSA) is 102 Å². The van der Waals surface area contributed by atoms with Crippen LogP contribution in [0, 0.1) is 13.8 Å². The lowest BCUT2D eigenvalue weighted by atomic mass is 10.1. The lowest BCUT2D eigenvalue weighted by Gasteiger charge is -2.11. The minimum Gasteiger partial charge on any atom is -0.365 e. The van der Waals surface area contributed by atoms with E-state index in [4.69, 9.17) is 5.73 Å². The van der Waals surface area contributed by atoms with Crippen LogP contribution in [-0.4, -0.2) is 33.0 Å². The molecular weight excluding hydrogens is 270 g/mol. The van der Waals surface area contributed by atoms with Crippen molar-refractivity contribution in [2.45, 2.75) is 33.6 Å². The summed E-state index contributed by atoms with van der Waals surface area (Å²) < 4.78 is 1.60. The van der Waals surface area contributed by atoms with E-state index < -0.39 is 5.91 Å². The maximum Gasteiger partial charge on any atom is 0.254 e. The van der Waals surface area contributed by atoms with Gasteiger partial charge in [-0.05, 0) is 32.8 Å². The SMILES string of the molecule is CCNC(=O)CCc1c(C)nc2c(C(N)=O)cnn2c1C. The Hall–Kier alpha value is -2.44. The highest BCUT2D eigenvalue weighted by Crippen LogP contribution is 2.18. The summed E-state index contributed by atoms with van der Waals surface area (Å²) >= 11 is 0. The van der Waals surface area contributed by atoms with Crippen molar-refractivity contribution >= 4 is 17.5 Å². The number of aromatic nitrogens is 3. The first-order valence-electron chi connectivity index (χ1n) is 6.86. The molecule has 2 aromatic rings. The minimum atomic E-state index is -0.550. The van der Waals surface area contributed by atoms with E-state index >= 15 is 0 Å². The van der Waals surface area contributed by atoms with E-state index in [9.17, 15) is 9.59 Å². The zero-order valence-corrected chi connectivity index (χ0v) is 12.4. The molecule has 7 nitrogen and oxygen atoms in total. The smallest absolute Gasteiger partial charge is 0.254 e. The third-order valence-electron chi connectivity index (χ3n) is 3.45. The molecule has 0 radical (unpaired) electrons. The Morgan fingerprint density at radius 1 is 1.38 bits per heavy atom. The third-order valence-corrected chi connectivity index (χ3v) is 3.45. The van der Waals surface area contributed by atoms with Gasteiger partial charge in [0.15, 0.2) is 5.65 Å². The molecule has 2 rings (SSSR count). The summed E-state index contributed by atoms with van der Waals surface area (Å²) in [7, 11) is 0. The number of nitrogens with zero attached hydrogens (tertiary/aromatic N) is 3. The van der Waals surface area contributed by atoms with Gasteiger partial charge in [-0.2, -0.15) is 5.10 Å². The highest BCUT2D eigenvalue weighted by atomic mass is 16.1. The van der Waals surface area contributed by atoms with Crippen LogP contribution in [0.2, 0.25) is 0 Å². The Balaban J connectivity index is 2.37. The van der Waals surface area contributed by atoms with Crippen LogP contribution < -0.4 is 11.1 Å². The summed E-state index contributed by atoms with van der Waals surface area (Å²) in [5, 5.41) is 6.93. The zero-order valence-electron chi connectivity index (χ0n) is 12.4. The zero-order chi connectivity index (χ0) is 15.6. The molecule has 0 saturated heterocycles. The molecule has 0 atom stereocenters. The van der Waals surface area contributed by atoms with Gasteiger partial charge in [-0.15, -0.1) is 0 Å². The Morgan fingerprint density at radius 2 is 2.10 bits per heavy atom.